The molecule has 0 saturated carbocycles. The Balaban J connectivity index is 2.01. The van der Waals surface area contributed by atoms with Crippen molar-refractivity contribution in [3.63, 3.8) is 0 Å². The van der Waals surface area contributed by atoms with Crippen LogP contribution in [0.25, 0.3) is 0 Å². The van der Waals surface area contributed by atoms with Crippen molar-refractivity contribution in [3.8, 4) is 6.01 Å². The molecule has 3 N–H and O–H groups in total. The summed E-state index contributed by atoms with van der Waals surface area (Å²) in [6.07, 6.45) is 1.67. The Morgan fingerprint density at radius 1 is 1.62 bits per heavy atom. The fourth-order valence-corrected chi connectivity index (χ4v) is 1.14. The summed E-state index contributed by atoms with van der Waals surface area (Å²) in [5, 5.41) is 8.85. The van der Waals surface area contributed by atoms with Crippen molar-refractivity contribution in [3.05, 3.63) is 24.0 Å². The topological polar surface area (TPSA) is 95.7 Å². The van der Waals surface area contributed by atoms with Gasteiger partial charge in [-0.25, -0.2) is 5.10 Å². The zero-order valence-corrected chi connectivity index (χ0v) is 8.65. The van der Waals surface area contributed by atoms with E-state index in [1.807, 2.05) is 6.92 Å². The smallest absolute Gasteiger partial charge is 0.337 e. The second-order valence-corrected chi connectivity index (χ2v) is 2.94. The Morgan fingerprint density at radius 2 is 2.50 bits per heavy atom. The van der Waals surface area contributed by atoms with Crippen LogP contribution in [0.2, 0.25) is 0 Å². The van der Waals surface area contributed by atoms with E-state index in [-0.39, 0.29) is 17.9 Å². The molecular formula is C9H11N5O2. The van der Waals surface area contributed by atoms with E-state index < -0.39 is 0 Å². The standard InChI is InChI=1S/C9H11N5O2/c1-2-16-9-12-8(13-14-9)11-7(15)6-4-3-5-10-6/h3-5,10H,2H2,1H3,(H2,11,12,13,14,15). The van der Waals surface area contributed by atoms with Gasteiger partial charge in [0, 0.05) is 6.20 Å². The molecule has 16 heavy (non-hydrogen) atoms. The molecule has 2 heterocycles. The summed E-state index contributed by atoms with van der Waals surface area (Å²) in [7, 11) is 0. The molecule has 0 aromatic carbocycles. The lowest BCUT2D eigenvalue weighted by Gasteiger charge is -1.97. The minimum Gasteiger partial charge on any atom is -0.463 e. The largest absolute Gasteiger partial charge is 0.463 e. The predicted octanol–water partition coefficient (Wildman–Crippen LogP) is 0.784. The molecule has 2 aromatic heterocycles. The van der Waals surface area contributed by atoms with Gasteiger partial charge in [-0.05, 0) is 19.1 Å². The van der Waals surface area contributed by atoms with E-state index in [1.165, 1.54) is 0 Å². The Hall–Kier alpha value is -2.31. The maximum Gasteiger partial charge on any atom is 0.337 e. The minimum atomic E-state index is -0.288. The first-order valence-corrected chi connectivity index (χ1v) is 4.79. The number of nitrogens with one attached hydrogen (secondary N) is 3. The van der Waals surface area contributed by atoms with Crippen molar-refractivity contribution >= 4 is 11.9 Å². The van der Waals surface area contributed by atoms with Gasteiger partial charge < -0.3 is 9.72 Å². The number of nitrogens with zero attached hydrogens (tertiary/aromatic N) is 2. The highest BCUT2D eigenvalue weighted by atomic mass is 16.5. The summed E-state index contributed by atoms with van der Waals surface area (Å²) in [5.41, 5.74) is 0.453. The van der Waals surface area contributed by atoms with E-state index in [9.17, 15) is 4.79 Å². The second kappa shape index (κ2) is 4.47. The molecule has 0 aliphatic carbocycles. The SMILES string of the molecule is CCOc1n[nH]c(NC(=O)c2ccc[nH]2)n1. The van der Waals surface area contributed by atoms with Crippen LogP contribution in [0.3, 0.4) is 0 Å². The van der Waals surface area contributed by atoms with Crippen LogP contribution in [-0.4, -0.2) is 32.7 Å². The first kappa shape index (κ1) is 10.2. The summed E-state index contributed by atoms with van der Waals surface area (Å²) in [5.74, 6) is -0.0350. The van der Waals surface area contributed by atoms with Gasteiger partial charge in [-0.2, -0.15) is 4.98 Å². The molecular weight excluding hydrogens is 210 g/mol. The number of aromatic amines is 2. The zero-order chi connectivity index (χ0) is 11.4. The number of amides is 1. The average Bonchev–Trinajstić information content (AvgIpc) is 2.89. The fraction of sp³-hybridized carbons (Fsp3) is 0.222. The highest BCUT2D eigenvalue weighted by Gasteiger charge is 2.09. The van der Waals surface area contributed by atoms with Gasteiger partial charge in [0.15, 0.2) is 0 Å². The third-order valence-electron chi connectivity index (χ3n) is 1.81. The zero-order valence-electron chi connectivity index (χ0n) is 8.65. The average molecular weight is 221 g/mol. The molecule has 84 valence electrons. The van der Waals surface area contributed by atoms with Crippen LogP contribution in [-0.2, 0) is 0 Å². The summed E-state index contributed by atoms with van der Waals surface area (Å²) >= 11 is 0. The first-order valence-electron chi connectivity index (χ1n) is 4.79. The number of anilines is 1. The number of aromatic nitrogens is 4. The van der Waals surface area contributed by atoms with Gasteiger partial charge >= 0.3 is 6.01 Å². The third-order valence-corrected chi connectivity index (χ3v) is 1.81. The van der Waals surface area contributed by atoms with Crippen molar-refractivity contribution in [2.75, 3.05) is 11.9 Å². The molecule has 0 unspecified atom stereocenters. The lowest BCUT2D eigenvalue weighted by atomic mass is 10.4. The van der Waals surface area contributed by atoms with E-state index in [1.54, 1.807) is 18.3 Å². The van der Waals surface area contributed by atoms with E-state index in [0.717, 1.165) is 0 Å². The molecule has 0 fully saturated rings. The van der Waals surface area contributed by atoms with Gasteiger partial charge in [0.25, 0.3) is 5.91 Å². The van der Waals surface area contributed by atoms with Gasteiger partial charge in [-0.15, -0.1) is 5.10 Å². The highest BCUT2D eigenvalue weighted by molar-refractivity contribution is 6.01. The monoisotopic (exact) mass is 221 g/mol. The maximum atomic E-state index is 11.6. The fourth-order valence-electron chi connectivity index (χ4n) is 1.14. The van der Waals surface area contributed by atoms with Crippen molar-refractivity contribution in [1.29, 1.82) is 0 Å². The number of rotatable bonds is 4. The van der Waals surface area contributed by atoms with Crippen LogP contribution in [0.4, 0.5) is 5.95 Å². The summed E-state index contributed by atoms with van der Waals surface area (Å²) in [6.45, 7) is 2.30. The van der Waals surface area contributed by atoms with Crippen molar-refractivity contribution in [1.82, 2.24) is 20.2 Å². The maximum absolute atomic E-state index is 11.6. The van der Waals surface area contributed by atoms with Gasteiger partial charge in [0.1, 0.15) is 5.69 Å². The van der Waals surface area contributed by atoms with Gasteiger partial charge in [0.2, 0.25) is 5.95 Å². The molecule has 7 heteroatoms. The summed E-state index contributed by atoms with van der Waals surface area (Å²) in [4.78, 5) is 18.3. The summed E-state index contributed by atoms with van der Waals surface area (Å²) in [6, 6.07) is 3.61. The molecule has 1 amide bonds. The number of H-pyrrole nitrogens is 2. The second-order valence-electron chi connectivity index (χ2n) is 2.94. The predicted molar refractivity (Wildman–Crippen MR) is 56.3 cm³/mol. The molecule has 0 bridgehead atoms. The number of ether oxygens (including phenoxy) is 1. The van der Waals surface area contributed by atoms with E-state index in [4.69, 9.17) is 4.74 Å². The number of hydrogen-bond acceptors (Lipinski definition) is 4. The molecule has 7 nitrogen and oxygen atoms in total. The molecule has 0 spiro atoms. The third kappa shape index (κ3) is 2.19. The van der Waals surface area contributed by atoms with E-state index in [0.29, 0.717) is 12.3 Å². The molecule has 0 radical (unpaired) electrons. The van der Waals surface area contributed by atoms with Crippen LogP contribution in [0.15, 0.2) is 18.3 Å². The van der Waals surface area contributed by atoms with Crippen LogP contribution in [0.1, 0.15) is 17.4 Å². The molecule has 0 aliphatic rings. The van der Waals surface area contributed by atoms with Crippen LogP contribution < -0.4 is 10.1 Å². The van der Waals surface area contributed by atoms with Crippen LogP contribution >= 0.6 is 0 Å². The lowest BCUT2D eigenvalue weighted by molar-refractivity contribution is 0.102. The Labute approximate surface area is 91.2 Å². The molecule has 0 atom stereocenters. The lowest BCUT2D eigenvalue weighted by Crippen LogP contribution is -2.13. The Bertz CT molecular complexity index is 462. The molecule has 2 aromatic rings. The van der Waals surface area contributed by atoms with E-state index >= 15 is 0 Å². The van der Waals surface area contributed by atoms with Gasteiger partial charge in [-0.1, -0.05) is 0 Å². The van der Waals surface area contributed by atoms with Crippen molar-refractivity contribution in [2.45, 2.75) is 6.92 Å². The Kier molecular flexibility index (Phi) is 2.86. The molecule has 0 aliphatic heterocycles. The van der Waals surface area contributed by atoms with E-state index in [2.05, 4.69) is 25.5 Å². The van der Waals surface area contributed by atoms with Crippen molar-refractivity contribution < 1.29 is 9.53 Å². The van der Waals surface area contributed by atoms with Gasteiger partial charge in [-0.3, -0.25) is 10.1 Å². The minimum absolute atomic E-state index is 0.212. The quantitative estimate of drug-likeness (QED) is 0.711. The summed E-state index contributed by atoms with van der Waals surface area (Å²) < 4.78 is 5.05. The van der Waals surface area contributed by atoms with Crippen LogP contribution in [0, 0.1) is 0 Å². The Morgan fingerprint density at radius 3 is 3.19 bits per heavy atom. The number of carbonyl (C=O) groups excluding carboxylic acids is 1. The normalized spacial score (nSPS) is 10.1. The van der Waals surface area contributed by atoms with Crippen LogP contribution in [0.5, 0.6) is 6.01 Å². The highest BCUT2D eigenvalue weighted by Crippen LogP contribution is 2.06. The number of hydrogen-bond donors (Lipinski definition) is 3. The van der Waals surface area contributed by atoms with Crippen molar-refractivity contribution in [2.24, 2.45) is 0 Å². The van der Waals surface area contributed by atoms with Gasteiger partial charge in [0.05, 0.1) is 6.61 Å². The number of carbonyl (C=O) groups is 1. The molecule has 2 rings (SSSR count). The first-order chi connectivity index (χ1) is 7.79. The molecule has 0 saturated heterocycles.